The number of hydrogen-bond donors (Lipinski definition) is 2. The molecule has 1 aliphatic heterocycles. The summed E-state index contributed by atoms with van der Waals surface area (Å²) in [7, 11) is 0. The molecule has 2 heterocycles. The third-order valence-corrected chi connectivity index (χ3v) is 3.56. The Morgan fingerprint density at radius 1 is 1.74 bits per heavy atom. The van der Waals surface area contributed by atoms with E-state index in [4.69, 9.17) is 10.8 Å². The minimum atomic E-state index is -1.11. The Hall–Kier alpha value is -1.66. The van der Waals surface area contributed by atoms with Crippen molar-refractivity contribution in [3.8, 4) is 0 Å². The van der Waals surface area contributed by atoms with Crippen LogP contribution in [0.3, 0.4) is 0 Å². The highest BCUT2D eigenvalue weighted by atomic mass is 16.4. The Balaban J connectivity index is 2.03. The SMILES string of the molecule is C=CCn1cc(CN2CCC(N)(C(=O)O)C2)c(C)n1. The van der Waals surface area contributed by atoms with Crippen LogP contribution < -0.4 is 5.73 Å². The first-order valence-electron chi connectivity index (χ1n) is 6.33. The maximum Gasteiger partial charge on any atom is 0.325 e. The van der Waals surface area contributed by atoms with E-state index in [1.54, 1.807) is 6.08 Å². The van der Waals surface area contributed by atoms with Gasteiger partial charge in [0, 0.05) is 31.4 Å². The molecule has 1 saturated heterocycles. The standard InChI is InChI=1S/C13H20N4O2/c1-3-5-17-8-11(10(2)15-17)7-16-6-4-13(14,9-16)12(18)19/h3,8H,1,4-7,9,14H2,2H3,(H,18,19). The summed E-state index contributed by atoms with van der Waals surface area (Å²) in [5.41, 5.74) is 6.83. The molecule has 0 radical (unpaired) electrons. The number of likely N-dealkylation sites (tertiary alicyclic amines) is 1. The number of allylic oxidation sites excluding steroid dienone is 1. The lowest BCUT2D eigenvalue weighted by molar-refractivity contribution is -0.142. The predicted molar refractivity (Wildman–Crippen MR) is 71.6 cm³/mol. The van der Waals surface area contributed by atoms with Crippen molar-refractivity contribution in [1.82, 2.24) is 14.7 Å². The number of hydrogen-bond acceptors (Lipinski definition) is 4. The van der Waals surface area contributed by atoms with E-state index in [9.17, 15) is 4.79 Å². The molecule has 1 aromatic heterocycles. The van der Waals surface area contributed by atoms with E-state index in [1.807, 2.05) is 17.8 Å². The van der Waals surface area contributed by atoms with Gasteiger partial charge in [-0.15, -0.1) is 6.58 Å². The molecule has 0 bridgehead atoms. The van der Waals surface area contributed by atoms with Gasteiger partial charge < -0.3 is 10.8 Å². The molecule has 0 spiro atoms. The molecule has 0 amide bonds. The van der Waals surface area contributed by atoms with Crippen molar-refractivity contribution >= 4 is 5.97 Å². The highest BCUT2D eigenvalue weighted by Gasteiger charge is 2.41. The molecule has 1 fully saturated rings. The van der Waals surface area contributed by atoms with Crippen molar-refractivity contribution in [2.75, 3.05) is 13.1 Å². The summed E-state index contributed by atoms with van der Waals surface area (Å²) in [6.07, 6.45) is 4.26. The minimum Gasteiger partial charge on any atom is -0.480 e. The van der Waals surface area contributed by atoms with Gasteiger partial charge in [-0.3, -0.25) is 14.4 Å². The molecule has 6 heteroatoms. The number of carboxylic acid groups (broad SMARTS) is 1. The smallest absolute Gasteiger partial charge is 0.325 e. The van der Waals surface area contributed by atoms with E-state index in [2.05, 4.69) is 16.6 Å². The predicted octanol–water partition coefficient (Wildman–Crippen LogP) is 0.365. The summed E-state index contributed by atoms with van der Waals surface area (Å²) in [6.45, 7) is 8.09. The average molecular weight is 264 g/mol. The summed E-state index contributed by atoms with van der Waals surface area (Å²) < 4.78 is 1.83. The van der Waals surface area contributed by atoms with Crippen LogP contribution in [0.15, 0.2) is 18.9 Å². The Labute approximate surface area is 112 Å². The monoisotopic (exact) mass is 264 g/mol. The first-order valence-corrected chi connectivity index (χ1v) is 6.33. The van der Waals surface area contributed by atoms with E-state index in [0.29, 0.717) is 32.6 Å². The van der Waals surface area contributed by atoms with Crippen LogP contribution in [0.1, 0.15) is 17.7 Å². The van der Waals surface area contributed by atoms with Crippen LogP contribution in [-0.4, -0.2) is 44.4 Å². The fourth-order valence-electron chi connectivity index (χ4n) is 2.41. The second-order valence-electron chi connectivity index (χ2n) is 5.17. The Morgan fingerprint density at radius 3 is 3.05 bits per heavy atom. The lowest BCUT2D eigenvalue weighted by Gasteiger charge is -2.19. The molecule has 2 rings (SSSR count). The van der Waals surface area contributed by atoms with E-state index in [1.165, 1.54) is 0 Å². The van der Waals surface area contributed by atoms with E-state index in [0.717, 1.165) is 11.3 Å². The van der Waals surface area contributed by atoms with Crippen LogP contribution in [0.25, 0.3) is 0 Å². The molecule has 1 unspecified atom stereocenters. The van der Waals surface area contributed by atoms with Crippen LogP contribution >= 0.6 is 0 Å². The van der Waals surface area contributed by atoms with Crippen molar-refractivity contribution in [1.29, 1.82) is 0 Å². The van der Waals surface area contributed by atoms with E-state index >= 15 is 0 Å². The number of rotatable bonds is 5. The van der Waals surface area contributed by atoms with Gasteiger partial charge in [-0.1, -0.05) is 6.08 Å². The van der Waals surface area contributed by atoms with Crippen molar-refractivity contribution in [2.45, 2.75) is 32.0 Å². The second kappa shape index (κ2) is 5.14. The van der Waals surface area contributed by atoms with Gasteiger partial charge >= 0.3 is 5.97 Å². The molecular formula is C13H20N4O2. The maximum absolute atomic E-state index is 11.1. The van der Waals surface area contributed by atoms with E-state index in [-0.39, 0.29) is 0 Å². The number of carboxylic acids is 1. The molecule has 104 valence electrons. The lowest BCUT2D eigenvalue weighted by Crippen LogP contribution is -2.50. The molecule has 1 atom stereocenters. The summed E-state index contributed by atoms with van der Waals surface area (Å²) in [5, 5.41) is 13.5. The van der Waals surface area contributed by atoms with Gasteiger partial charge in [0.25, 0.3) is 0 Å². The number of carbonyl (C=O) groups is 1. The molecule has 19 heavy (non-hydrogen) atoms. The molecule has 3 N–H and O–H groups in total. The summed E-state index contributed by atoms with van der Waals surface area (Å²) >= 11 is 0. The summed E-state index contributed by atoms with van der Waals surface area (Å²) in [5.74, 6) is -0.922. The summed E-state index contributed by atoms with van der Waals surface area (Å²) in [6, 6.07) is 0. The van der Waals surface area contributed by atoms with Gasteiger partial charge in [-0.25, -0.2) is 0 Å². The van der Waals surface area contributed by atoms with Crippen LogP contribution in [0, 0.1) is 6.92 Å². The number of aliphatic carboxylic acids is 1. The number of aromatic nitrogens is 2. The van der Waals surface area contributed by atoms with Gasteiger partial charge in [-0.05, 0) is 13.3 Å². The van der Waals surface area contributed by atoms with Gasteiger partial charge in [0.1, 0.15) is 5.54 Å². The van der Waals surface area contributed by atoms with Crippen molar-refractivity contribution in [2.24, 2.45) is 5.73 Å². The van der Waals surface area contributed by atoms with Gasteiger partial charge in [0.2, 0.25) is 0 Å². The largest absolute Gasteiger partial charge is 0.480 e. The third kappa shape index (κ3) is 2.85. The Bertz CT molecular complexity index is 497. The van der Waals surface area contributed by atoms with Crippen molar-refractivity contribution in [3.63, 3.8) is 0 Å². The number of nitrogens with two attached hydrogens (primary N) is 1. The van der Waals surface area contributed by atoms with Crippen LogP contribution in [0.5, 0.6) is 0 Å². The topological polar surface area (TPSA) is 84.4 Å². The fraction of sp³-hybridized carbons (Fsp3) is 0.538. The van der Waals surface area contributed by atoms with Crippen LogP contribution in [-0.2, 0) is 17.9 Å². The number of nitrogens with zero attached hydrogens (tertiary/aromatic N) is 3. The molecule has 0 aliphatic carbocycles. The second-order valence-corrected chi connectivity index (χ2v) is 5.17. The zero-order valence-corrected chi connectivity index (χ0v) is 11.2. The molecule has 0 aromatic carbocycles. The van der Waals surface area contributed by atoms with E-state index < -0.39 is 11.5 Å². The van der Waals surface area contributed by atoms with Gasteiger partial charge in [0.15, 0.2) is 0 Å². The van der Waals surface area contributed by atoms with Crippen molar-refractivity contribution < 1.29 is 9.90 Å². The zero-order chi connectivity index (χ0) is 14.0. The molecule has 6 nitrogen and oxygen atoms in total. The average Bonchev–Trinajstić information content (AvgIpc) is 2.86. The highest BCUT2D eigenvalue weighted by Crippen LogP contribution is 2.21. The quantitative estimate of drug-likeness (QED) is 0.750. The first kappa shape index (κ1) is 13.8. The van der Waals surface area contributed by atoms with Gasteiger partial charge in [-0.2, -0.15) is 5.10 Å². The normalized spacial score (nSPS) is 23.7. The Morgan fingerprint density at radius 2 is 2.47 bits per heavy atom. The minimum absolute atomic E-state index is 0.383. The molecular weight excluding hydrogens is 244 g/mol. The third-order valence-electron chi connectivity index (χ3n) is 3.56. The maximum atomic E-state index is 11.1. The summed E-state index contributed by atoms with van der Waals surface area (Å²) in [4.78, 5) is 13.2. The molecule has 0 saturated carbocycles. The first-order chi connectivity index (χ1) is 8.94. The molecule has 1 aromatic rings. The molecule has 1 aliphatic rings. The van der Waals surface area contributed by atoms with Crippen molar-refractivity contribution in [3.05, 3.63) is 30.1 Å². The Kier molecular flexibility index (Phi) is 3.73. The zero-order valence-electron chi connectivity index (χ0n) is 11.2. The van der Waals surface area contributed by atoms with Crippen LogP contribution in [0.2, 0.25) is 0 Å². The number of aryl methyl sites for hydroxylation is 1. The van der Waals surface area contributed by atoms with Gasteiger partial charge in [0.05, 0.1) is 12.2 Å². The fourth-order valence-corrected chi connectivity index (χ4v) is 2.41. The lowest BCUT2D eigenvalue weighted by atomic mass is 10.0. The highest BCUT2D eigenvalue weighted by molar-refractivity contribution is 5.79. The van der Waals surface area contributed by atoms with Crippen LogP contribution in [0.4, 0.5) is 0 Å².